The number of aliphatic hydroxyl groups is 3. The number of amides is 3. The summed E-state index contributed by atoms with van der Waals surface area (Å²) in [5, 5.41) is 46.6. The molecule has 118 heavy (non-hydrogen) atoms. The number of alkyl carbamates (subject to hydrolysis) is 1. The number of anilines is 1. The van der Waals surface area contributed by atoms with Crippen LogP contribution >= 0.6 is 0 Å². The Bertz CT molecular complexity index is 3910. The van der Waals surface area contributed by atoms with E-state index in [2.05, 4.69) is 31.7 Å². The number of allylic oxidation sites excluding steroid dienone is 6. The predicted octanol–water partition coefficient (Wildman–Crippen LogP) is 6.70. The zero-order valence-corrected chi connectivity index (χ0v) is 69.8. The van der Waals surface area contributed by atoms with Gasteiger partial charge in [0.15, 0.2) is 11.4 Å². The van der Waals surface area contributed by atoms with E-state index in [0.29, 0.717) is 168 Å². The molecule has 3 amide bonds. The van der Waals surface area contributed by atoms with Gasteiger partial charge < -0.3 is 109 Å². The van der Waals surface area contributed by atoms with Crippen molar-refractivity contribution in [3.05, 3.63) is 84.4 Å². The number of hydrogen-bond acceptors (Lipinski definition) is 28. The van der Waals surface area contributed by atoms with Crippen LogP contribution < -0.4 is 22.1 Å². The van der Waals surface area contributed by atoms with Crippen LogP contribution in [-0.4, -0.2) is 286 Å². The van der Waals surface area contributed by atoms with Crippen LogP contribution in [0.4, 0.5) is 10.6 Å². The number of aromatic nitrogens is 5. The summed E-state index contributed by atoms with van der Waals surface area (Å²) in [7, 11) is 3.06. The highest BCUT2D eigenvalue weighted by Crippen LogP contribution is 2.37. The summed E-state index contributed by atoms with van der Waals surface area (Å²) in [6.45, 7) is 15.7. The number of ether oxygens (including phenoxy) is 13. The molecule has 6 heterocycles. The van der Waals surface area contributed by atoms with Crippen LogP contribution in [0.2, 0.25) is 0 Å². The number of piperidine rings is 1. The number of nitrogen functional groups attached to an aromatic ring is 1. The van der Waals surface area contributed by atoms with Crippen LogP contribution in [0.15, 0.2) is 84.4 Å². The molecule has 2 bridgehead atoms. The molecular weight excluding hydrogens is 1530 g/mol. The predicted molar refractivity (Wildman–Crippen MR) is 437 cm³/mol. The number of esters is 1. The fourth-order valence-corrected chi connectivity index (χ4v) is 15.1. The van der Waals surface area contributed by atoms with E-state index >= 15 is 0 Å². The van der Waals surface area contributed by atoms with Gasteiger partial charge in [0.2, 0.25) is 11.7 Å². The number of carbonyl (C=O) groups excluding carboxylic acids is 7. The number of ketones is 3. The molecule has 656 valence electrons. The Hall–Kier alpha value is -7.84. The molecule has 33 nitrogen and oxygen atoms in total. The topological polar surface area (TPSA) is 439 Å². The number of benzene rings is 1. The summed E-state index contributed by atoms with van der Waals surface area (Å²) in [6.07, 6.45) is 11.9. The summed E-state index contributed by atoms with van der Waals surface area (Å²) in [5.74, 6) is -8.15. The van der Waals surface area contributed by atoms with E-state index in [0.717, 1.165) is 50.9 Å². The Labute approximate surface area is 691 Å². The van der Waals surface area contributed by atoms with E-state index in [9.17, 15) is 48.9 Å². The van der Waals surface area contributed by atoms with Gasteiger partial charge in [-0.3, -0.25) is 24.0 Å². The minimum Gasteiger partial charge on any atom is -0.459 e. The lowest BCUT2D eigenvalue weighted by molar-refractivity contribution is -0.245. The number of carbonyl (C=O) groups is 7. The molecule has 3 fully saturated rings. The second-order valence-corrected chi connectivity index (χ2v) is 30.9. The molecule has 3 aliphatic heterocycles. The minimum atomic E-state index is -2.47. The molecule has 0 spiro atoms. The molecule has 0 radical (unpaired) electrons. The van der Waals surface area contributed by atoms with Gasteiger partial charge in [0.1, 0.15) is 54.1 Å². The number of H-pyrrole nitrogens is 1. The molecule has 33 heteroatoms. The number of rotatable bonds is 39. The van der Waals surface area contributed by atoms with E-state index in [1.165, 1.54) is 26.4 Å². The average Bonchev–Trinajstić information content (AvgIpc) is 1.60. The maximum Gasteiger partial charge on any atom is 0.407 e. The molecule has 4 aliphatic rings. The van der Waals surface area contributed by atoms with E-state index < -0.39 is 114 Å². The second kappa shape index (κ2) is 51.1. The van der Waals surface area contributed by atoms with Crippen LogP contribution in [0.3, 0.4) is 0 Å². The number of methoxy groups -OCH3 is 2. The van der Waals surface area contributed by atoms with Gasteiger partial charge in [0, 0.05) is 107 Å². The lowest BCUT2D eigenvalue weighted by Crippen LogP contribution is -2.58. The monoisotopic (exact) mass is 1660 g/mol. The van der Waals surface area contributed by atoms with Crippen molar-refractivity contribution in [2.45, 2.75) is 204 Å². The van der Waals surface area contributed by atoms with E-state index in [1.54, 1.807) is 21.0 Å². The average molecular weight is 1660 g/mol. The number of nitrogens with two attached hydrogens (primary N) is 2. The zero-order chi connectivity index (χ0) is 84.8. The van der Waals surface area contributed by atoms with E-state index in [4.69, 9.17) is 78.1 Å². The van der Waals surface area contributed by atoms with Crippen molar-refractivity contribution in [1.29, 1.82) is 0 Å². The van der Waals surface area contributed by atoms with Crippen molar-refractivity contribution < 1.29 is 110 Å². The number of Topliss-reactive ketones (excluding diaryl/α,β-unsaturated/α-hetero) is 3. The van der Waals surface area contributed by atoms with Crippen molar-refractivity contribution in [2.24, 2.45) is 29.4 Å². The molecule has 2 saturated heterocycles. The number of cyclic esters (lactones) is 1. The molecule has 8 rings (SSSR count). The second-order valence-electron chi connectivity index (χ2n) is 30.9. The van der Waals surface area contributed by atoms with E-state index in [-0.39, 0.29) is 81.7 Å². The van der Waals surface area contributed by atoms with Crippen molar-refractivity contribution in [1.82, 2.24) is 40.3 Å². The molecule has 14 atom stereocenters. The van der Waals surface area contributed by atoms with Crippen LogP contribution in [0.25, 0.3) is 33.2 Å². The number of aromatic amines is 1. The number of aliphatic hydroxyl groups excluding tert-OH is 2. The summed E-state index contributed by atoms with van der Waals surface area (Å²) in [5.41, 5.74) is 17.7. The Morgan fingerprint density at radius 2 is 1.39 bits per heavy atom. The molecular formula is C85H128N10O23. The van der Waals surface area contributed by atoms with Crippen molar-refractivity contribution >= 4 is 69.0 Å². The highest BCUT2D eigenvalue weighted by molar-refractivity contribution is 6.39. The third kappa shape index (κ3) is 30.7. The van der Waals surface area contributed by atoms with Crippen molar-refractivity contribution in [3.8, 4) is 11.3 Å². The van der Waals surface area contributed by atoms with Crippen molar-refractivity contribution in [3.63, 3.8) is 0 Å². The molecule has 1 aromatic carbocycles. The Balaban J connectivity index is 0.644. The number of hydrogen-bond donors (Lipinski definition) is 8. The lowest BCUT2D eigenvalue weighted by atomic mass is 9.80. The standard InChI is InChI=1S/C85H128N10O23/c1-56-16-9-8-10-17-57(2)70(106-6)53-64-18-15-26-85(105,118-64)79(101)82(102)94-30-13-11-19-67(94)83(103)116-71(54-68(96)58(3)49-60(5)77(99)78(100)76(98)59(4)48-56)65(86)50-61-20-23-69(72(51-61)107-7)117-84(104)90-29-33-109-35-37-111-39-41-113-43-45-115-47-46-114-44-42-112-40-38-110-36-34-108-32-25-73(97)89-27-12-14-31-95-81-74(80(87)91-55-92-81)75(93-95)63-21-22-66-62(52-63)24-28-88-66/h8-10,16-17,21-22,24,28,49,52,55-56,58-59,61,64-65,67,69-72,77-78,88,99-100,105H,11-15,18-20,23,25-27,29-48,50-51,53-54,86H2,1-7H3,(H,89,97)(H,90,104)(H2,87,91,92)/b10-8+,16-9+,57-17+,60-49+/t56-,58-,59-,61+,64+,65-,67+,69-,70+,71+,72-,77-,78+,85-/m1/s1. The first kappa shape index (κ1) is 95.6. The largest absolute Gasteiger partial charge is 0.459 e. The van der Waals surface area contributed by atoms with Crippen molar-refractivity contribution in [2.75, 3.05) is 145 Å². The van der Waals surface area contributed by atoms with E-state index in [1.807, 2.05) is 73.3 Å². The first-order valence-corrected chi connectivity index (χ1v) is 41.8. The Morgan fingerprint density at radius 1 is 0.720 bits per heavy atom. The molecule has 1 saturated carbocycles. The highest BCUT2D eigenvalue weighted by atomic mass is 16.6. The number of unbranched alkanes of at least 4 members (excludes halogenated alkanes) is 1. The maximum atomic E-state index is 14.6. The van der Waals surface area contributed by atoms with Crippen LogP contribution in [0.1, 0.15) is 137 Å². The SMILES string of the molecule is CO[C@H]1C[C@@H]2CCC[C@@](O)(O2)C(=O)C(=O)N2CCCC[C@H]2C(=O)O[C@H]([C@H](N)C[C@@H]2CC[C@@H](OC(=O)NCCOCCOCCOCCOCCOCCOCCOCCOCCC(=O)NCCCCn3nc(-c4ccc5[nH]ccc5c4)c4c(N)ncnc43)[C@H](OC)C2)CC(=O)[C@H](C)/C=C(\C)[C@@H](O)[C@@H](O)C(=O)[C@H](C)C[C@H](C)/C=C/C=C/C=C/1C. The smallest absolute Gasteiger partial charge is 0.407 e. The maximum absolute atomic E-state index is 14.6. The first-order valence-electron chi connectivity index (χ1n) is 41.8. The van der Waals surface area contributed by atoms with Gasteiger partial charge in [-0.15, -0.1) is 0 Å². The Morgan fingerprint density at radius 3 is 2.06 bits per heavy atom. The summed E-state index contributed by atoms with van der Waals surface area (Å²) in [6, 6.07) is 5.87. The van der Waals surface area contributed by atoms with Gasteiger partial charge in [-0.25, -0.2) is 24.2 Å². The van der Waals surface area contributed by atoms with Gasteiger partial charge in [-0.1, -0.05) is 63.3 Å². The van der Waals surface area contributed by atoms with Gasteiger partial charge in [0.25, 0.3) is 11.7 Å². The van der Waals surface area contributed by atoms with Gasteiger partial charge >= 0.3 is 12.1 Å². The summed E-state index contributed by atoms with van der Waals surface area (Å²) in [4.78, 5) is 109. The molecule has 1 aliphatic carbocycles. The summed E-state index contributed by atoms with van der Waals surface area (Å²) >= 11 is 0. The fourth-order valence-electron chi connectivity index (χ4n) is 15.1. The quantitative estimate of drug-likeness (QED) is 0.00997. The number of aryl methyl sites for hydroxylation is 1. The number of fused-ring (bicyclic) bond motifs is 5. The normalized spacial score (nSPS) is 26.9. The van der Waals surface area contributed by atoms with Gasteiger partial charge in [0.05, 0.1) is 129 Å². The van der Waals surface area contributed by atoms with Crippen LogP contribution in [0, 0.1) is 23.7 Å². The number of nitrogens with one attached hydrogen (secondary N) is 3. The van der Waals surface area contributed by atoms with Crippen LogP contribution in [0.5, 0.6) is 0 Å². The number of nitrogens with zero attached hydrogens (tertiary/aromatic N) is 5. The summed E-state index contributed by atoms with van der Waals surface area (Å²) < 4.78 is 76.3. The fraction of sp³-hybridized carbons (Fsp3) is 0.671. The molecule has 10 N–H and O–H groups in total. The first-order chi connectivity index (χ1) is 57.0. The molecule has 3 aromatic heterocycles. The Kier molecular flexibility index (Phi) is 41.4. The molecule has 0 unspecified atom stereocenters. The van der Waals surface area contributed by atoms with Gasteiger partial charge in [-0.05, 0) is 132 Å². The lowest BCUT2D eigenvalue weighted by Gasteiger charge is -2.40. The highest BCUT2D eigenvalue weighted by Gasteiger charge is 2.50. The third-order valence-electron chi connectivity index (χ3n) is 21.8. The van der Waals surface area contributed by atoms with Gasteiger partial charge in [-0.2, -0.15) is 5.10 Å². The van der Waals surface area contributed by atoms with Crippen LogP contribution in [-0.2, 0) is 96.9 Å². The zero-order valence-electron chi connectivity index (χ0n) is 69.8. The third-order valence-corrected chi connectivity index (χ3v) is 21.8. The minimum absolute atomic E-state index is 0.00464. The molecule has 4 aromatic rings.